The fourth-order valence-corrected chi connectivity index (χ4v) is 3.07. The van der Waals surface area contributed by atoms with E-state index in [1.54, 1.807) is 0 Å². The van der Waals surface area contributed by atoms with Crippen LogP contribution in [0, 0.1) is 0 Å². The van der Waals surface area contributed by atoms with Gasteiger partial charge in [-0.05, 0) is 36.4 Å². The fraction of sp³-hybridized carbons (Fsp3) is 0.0556. The topological polar surface area (TPSA) is 17.8 Å². The number of hydrogen-bond donors (Lipinski definition) is 1. The van der Waals surface area contributed by atoms with Gasteiger partial charge in [-0.1, -0.05) is 24.3 Å². The predicted octanol–water partition coefficient (Wildman–Crippen LogP) is 4.84. The van der Waals surface area contributed by atoms with E-state index in [2.05, 4.69) is 70.8 Å². The lowest BCUT2D eigenvalue weighted by Gasteiger charge is -2.09. The van der Waals surface area contributed by atoms with Crippen LogP contribution in [0.4, 0.5) is 0 Å². The van der Waals surface area contributed by atoms with Gasteiger partial charge in [0.05, 0.1) is 16.6 Å². The predicted molar refractivity (Wildman–Crippen MR) is 91.7 cm³/mol. The molecule has 3 aromatic rings. The van der Waals surface area contributed by atoms with Crippen LogP contribution in [0.1, 0.15) is 6.42 Å². The molecule has 2 heterocycles. The summed E-state index contributed by atoms with van der Waals surface area (Å²) in [6, 6.07) is 10.4. The van der Waals surface area contributed by atoms with Crippen molar-refractivity contribution in [2.75, 3.05) is 0 Å². The first-order valence-corrected chi connectivity index (χ1v) is 7.40. The van der Waals surface area contributed by atoms with Gasteiger partial charge in [-0.3, -0.25) is 4.98 Å². The number of allylic oxidation sites excluding steroid dienone is 6. The second-order valence-electron chi connectivity index (χ2n) is 5.08. The van der Waals surface area contributed by atoms with E-state index in [0.717, 1.165) is 27.7 Å². The quantitative estimate of drug-likeness (QED) is 0.635. The van der Waals surface area contributed by atoms with Gasteiger partial charge < -0.3 is 4.57 Å². The maximum absolute atomic E-state index is 4.57. The average Bonchev–Trinajstić information content (AvgIpc) is 2.67. The van der Waals surface area contributed by atoms with Crippen LogP contribution in [0.3, 0.4) is 0 Å². The van der Waals surface area contributed by atoms with Crippen LogP contribution >= 0.6 is 12.6 Å². The maximum Gasteiger partial charge on any atom is 0.0963 e. The summed E-state index contributed by atoms with van der Waals surface area (Å²) >= 11 is 4.47. The Morgan fingerprint density at radius 1 is 1.05 bits per heavy atom. The molecule has 2 aromatic heterocycles. The minimum absolute atomic E-state index is 0.906. The first kappa shape index (κ1) is 12.5. The highest BCUT2D eigenvalue weighted by atomic mass is 32.1. The molecule has 0 amide bonds. The molecule has 0 unspecified atom stereocenters. The lowest BCUT2D eigenvalue weighted by molar-refractivity contribution is 1.14. The number of benzene rings is 1. The molecule has 1 aliphatic rings. The van der Waals surface area contributed by atoms with Crippen LogP contribution in [0.5, 0.6) is 0 Å². The molecule has 3 heteroatoms. The zero-order valence-corrected chi connectivity index (χ0v) is 12.3. The van der Waals surface area contributed by atoms with Crippen molar-refractivity contribution < 1.29 is 0 Å². The molecule has 21 heavy (non-hydrogen) atoms. The molecule has 0 saturated heterocycles. The van der Waals surface area contributed by atoms with Crippen molar-refractivity contribution in [3.05, 3.63) is 66.9 Å². The molecule has 0 radical (unpaired) electrons. The number of fused-ring (bicyclic) bond motifs is 3. The van der Waals surface area contributed by atoms with Crippen molar-refractivity contribution in [1.82, 2.24) is 9.55 Å². The number of thiol groups is 1. The van der Waals surface area contributed by atoms with E-state index in [4.69, 9.17) is 0 Å². The van der Waals surface area contributed by atoms with E-state index >= 15 is 0 Å². The molecule has 0 fully saturated rings. The van der Waals surface area contributed by atoms with Crippen molar-refractivity contribution in [2.45, 2.75) is 11.3 Å². The molecule has 0 aliphatic heterocycles. The normalized spacial score (nSPS) is 14.6. The third kappa shape index (κ3) is 2.01. The highest BCUT2D eigenvalue weighted by Crippen LogP contribution is 2.33. The fourth-order valence-electron chi connectivity index (χ4n) is 2.86. The van der Waals surface area contributed by atoms with Gasteiger partial charge >= 0.3 is 0 Å². The number of nitrogens with zero attached hydrogens (tertiary/aromatic N) is 2. The lowest BCUT2D eigenvalue weighted by Crippen LogP contribution is -1.95. The minimum atomic E-state index is 0.906. The Morgan fingerprint density at radius 2 is 2.00 bits per heavy atom. The van der Waals surface area contributed by atoms with Gasteiger partial charge in [0.2, 0.25) is 0 Å². The van der Waals surface area contributed by atoms with E-state index < -0.39 is 0 Å². The molecule has 0 atom stereocenters. The Balaban J connectivity index is 2.13. The highest BCUT2D eigenvalue weighted by Gasteiger charge is 2.13. The Kier molecular flexibility index (Phi) is 2.93. The summed E-state index contributed by atoms with van der Waals surface area (Å²) < 4.78 is 2.30. The molecular formula is C18H14N2S. The first-order chi connectivity index (χ1) is 10.3. The summed E-state index contributed by atoms with van der Waals surface area (Å²) in [5, 5.41) is 1.15. The molecule has 4 rings (SSSR count). The molecule has 0 saturated carbocycles. The van der Waals surface area contributed by atoms with Crippen LogP contribution in [-0.4, -0.2) is 9.55 Å². The van der Waals surface area contributed by atoms with Crippen LogP contribution in [0.15, 0.2) is 71.8 Å². The second-order valence-corrected chi connectivity index (χ2v) is 5.60. The molecule has 102 valence electrons. The van der Waals surface area contributed by atoms with Crippen LogP contribution in [0.2, 0.25) is 0 Å². The summed E-state index contributed by atoms with van der Waals surface area (Å²) in [5.74, 6) is 0. The molecule has 0 bridgehead atoms. The Morgan fingerprint density at radius 3 is 2.95 bits per heavy atom. The van der Waals surface area contributed by atoms with Crippen LogP contribution in [0.25, 0.3) is 27.6 Å². The molecule has 0 spiro atoms. The number of aromatic nitrogens is 2. The third-order valence-electron chi connectivity index (χ3n) is 3.76. The third-order valence-corrected chi connectivity index (χ3v) is 4.04. The molecule has 1 aromatic carbocycles. The summed E-state index contributed by atoms with van der Waals surface area (Å²) in [5.41, 5.74) is 4.60. The molecule has 0 N–H and O–H groups in total. The molecule has 2 nitrogen and oxygen atoms in total. The Bertz CT molecular complexity index is 929. The van der Waals surface area contributed by atoms with E-state index in [1.165, 1.54) is 11.2 Å². The van der Waals surface area contributed by atoms with Gasteiger partial charge in [0.15, 0.2) is 0 Å². The Hall–Kier alpha value is -2.26. The van der Waals surface area contributed by atoms with Crippen molar-refractivity contribution >= 4 is 40.3 Å². The lowest BCUT2D eigenvalue weighted by atomic mass is 10.2. The summed E-state index contributed by atoms with van der Waals surface area (Å²) in [6.07, 6.45) is 13.3. The monoisotopic (exact) mass is 290 g/mol. The number of rotatable bonds is 1. The van der Waals surface area contributed by atoms with Gasteiger partial charge in [0.25, 0.3) is 0 Å². The largest absolute Gasteiger partial charge is 0.311 e. The van der Waals surface area contributed by atoms with Crippen molar-refractivity contribution in [1.29, 1.82) is 0 Å². The van der Waals surface area contributed by atoms with Crippen molar-refractivity contribution in [3.8, 4) is 0 Å². The van der Waals surface area contributed by atoms with E-state index in [-0.39, 0.29) is 0 Å². The number of hydrogen-bond acceptors (Lipinski definition) is 2. The zero-order chi connectivity index (χ0) is 14.2. The SMILES string of the molecule is Sc1ccc2c(c1)c1ncccc1n2C1=CC=CC=CC1. The van der Waals surface area contributed by atoms with Gasteiger partial charge in [-0.15, -0.1) is 12.6 Å². The van der Waals surface area contributed by atoms with Gasteiger partial charge in [-0.25, -0.2) is 0 Å². The van der Waals surface area contributed by atoms with E-state index in [9.17, 15) is 0 Å². The van der Waals surface area contributed by atoms with Crippen molar-refractivity contribution in [3.63, 3.8) is 0 Å². The Labute approximate surface area is 128 Å². The molecule has 1 aliphatic carbocycles. The zero-order valence-electron chi connectivity index (χ0n) is 11.4. The van der Waals surface area contributed by atoms with E-state index in [0.29, 0.717) is 0 Å². The maximum atomic E-state index is 4.57. The second kappa shape index (κ2) is 4.93. The summed E-state index contributed by atoms with van der Waals surface area (Å²) in [6.45, 7) is 0. The van der Waals surface area contributed by atoms with Gasteiger partial charge in [0, 0.05) is 28.6 Å². The number of pyridine rings is 1. The van der Waals surface area contributed by atoms with Crippen LogP contribution in [-0.2, 0) is 0 Å². The van der Waals surface area contributed by atoms with Crippen LogP contribution < -0.4 is 0 Å². The van der Waals surface area contributed by atoms with Crippen molar-refractivity contribution in [2.24, 2.45) is 0 Å². The minimum Gasteiger partial charge on any atom is -0.311 e. The first-order valence-electron chi connectivity index (χ1n) is 6.95. The van der Waals surface area contributed by atoms with Gasteiger partial charge in [-0.2, -0.15) is 0 Å². The average molecular weight is 290 g/mol. The summed E-state index contributed by atoms with van der Waals surface area (Å²) in [7, 11) is 0. The van der Waals surface area contributed by atoms with Gasteiger partial charge in [0.1, 0.15) is 0 Å². The molecular weight excluding hydrogens is 276 g/mol. The standard InChI is InChI=1S/C18H14N2S/c21-14-9-10-16-15(12-14)18-17(8-5-11-19-18)20(16)13-6-3-1-2-4-7-13/h1-6,8-12,21H,7H2. The van der Waals surface area contributed by atoms with E-state index in [1.807, 2.05) is 18.3 Å². The smallest absolute Gasteiger partial charge is 0.0963 e. The highest BCUT2D eigenvalue weighted by molar-refractivity contribution is 7.80. The summed E-state index contributed by atoms with van der Waals surface area (Å²) in [4.78, 5) is 5.53.